The summed E-state index contributed by atoms with van der Waals surface area (Å²) in [5.74, 6) is -0.275. The fourth-order valence-corrected chi connectivity index (χ4v) is 1.74. The van der Waals surface area contributed by atoms with Crippen molar-refractivity contribution < 1.29 is 9.53 Å². The third-order valence-electron chi connectivity index (χ3n) is 1.84. The molecule has 15 heavy (non-hydrogen) atoms. The fraction of sp³-hybridized carbons (Fsp3) is 0.250. The second-order valence-corrected chi connectivity index (χ2v) is 4.11. The first-order chi connectivity index (χ1) is 7.24. The zero-order chi connectivity index (χ0) is 11.1. The van der Waals surface area contributed by atoms with Crippen molar-refractivity contribution in [3.8, 4) is 0 Å². The van der Waals surface area contributed by atoms with Gasteiger partial charge in [-0.25, -0.2) is 4.79 Å². The average molecular weight is 316 g/mol. The number of allylic oxidation sites excluding steroid dienone is 1. The molecule has 0 aliphatic carbocycles. The van der Waals surface area contributed by atoms with Crippen molar-refractivity contribution in [2.75, 3.05) is 6.61 Å². The van der Waals surface area contributed by atoms with Crippen molar-refractivity contribution in [2.24, 2.45) is 0 Å². The lowest BCUT2D eigenvalue weighted by atomic mass is 10.1. The third kappa shape index (κ3) is 4.46. The minimum Gasteiger partial charge on any atom is -0.463 e. The zero-order valence-corrected chi connectivity index (χ0v) is 10.7. The van der Waals surface area contributed by atoms with E-state index in [4.69, 9.17) is 4.74 Å². The Kier molecular flexibility index (Phi) is 5.39. The molecule has 0 spiro atoms. The van der Waals surface area contributed by atoms with Gasteiger partial charge in [-0.05, 0) is 47.6 Å². The van der Waals surface area contributed by atoms with Crippen LogP contribution >= 0.6 is 22.6 Å². The molecule has 0 unspecified atom stereocenters. The molecule has 0 heterocycles. The molecule has 0 aromatic heterocycles. The van der Waals surface area contributed by atoms with E-state index >= 15 is 0 Å². The van der Waals surface area contributed by atoms with Gasteiger partial charge in [-0.15, -0.1) is 0 Å². The lowest BCUT2D eigenvalue weighted by molar-refractivity contribution is -0.137. The average Bonchev–Trinajstić information content (AvgIpc) is 2.21. The van der Waals surface area contributed by atoms with Crippen molar-refractivity contribution in [1.29, 1.82) is 0 Å². The van der Waals surface area contributed by atoms with E-state index in [0.29, 0.717) is 6.61 Å². The molecule has 0 saturated heterocycles. The number of halogens is 1. The van der Waals surface area contributed by atoms with Gasteiger partial charge in [0.2, 0.25) is 0 Å². The first kappa shape index (κ1) is 12.2. The Labute approximate surface area is 103 Å². The number of hydrogen-bond acceptors (Lipinski definition) is 2. The molecule has 0 saturated carbocycles. The van der Waals surface area contributed by atoms with Gasteiger partial charge >= 0.3 is 5.97 Å². The van der Waals surface area contributed by atoms with Crippen LogP contribution in [0.15, 0.2) is 36.4 Å². The van der Waals surface area contributed by atoms with E-state index in [1.165, 1.54) is 15.2 Å². The van der Waals surface area contributed by atoms with Gasteiger partial charge in [0, 0.05) is 9.65 Å². The molecule has 0 fully saturated rings. The summed E-state index contributed by atoms with van der Waals surface area (Å²) in [6, 6.07) is 8.10. The molecule has 1 aromatic carbocycles. The molecular weight excluding hydrogens is 303 g/mol. The number of carbonyl (C=O) groups excluding carboxylic acids is 1. The normalized spacial score (nSPS) is 10.5. The molecule has 0 N–H and O–H groups in total. The predicted molar refractivity (Wildman–Crippen MR) is 68.6 cm³/mol. The predicted octanol–water partition coefficient (Wildman–Crippen LogP) is 2.95. The molecule has 0 radical (unpaired) electrons. The smallest absolute Gasteiger partial charge is 0.330 e. The van der Waals surface area contributed by atoms with E-state index in [2.05, 4.69) is 28.7 Å². The van der Waals surface area contributed by atoms with Gasteiger partial charge in [0.25, 0.3) is 0 Å². The maximum absolute atomic E-state index is 11.0. The number of rotatable bonds is 4. The van der Waals surface area contributed by atoms with Gasteiger partial charge in [0.05, 0.1) is 6.61 Å². The summed E-state index contributed by atoms with van der Waals surface area (Å²) in [5, 5.41) is 0. The highest BCUT2D eigenvalue weighted by atomic mass is 127. The highest BCUT2D eigenvalue weighted by Crippen LogP contribution is 2.12. The number of carbonyl (C=O) groups is 1. The molecule has 2 nitrogen and oxygen atoms in total. The minimum absolute atomic E-state index is 0.275. The Morgan fingerprint density at radius 2 is 2.20 bits per heavy atom. The maximum atomic E-state index is 11.0. The van der Waals surface area contributed by atoms with Crippen LogP contribution in [0.25, 0.3) is 0 Å². The van der Waals surface area contributed by atoms with Crippen LogP contribution in [0.3, 0.4) is 0 Å². The topological polar surface area (TPSA) is 26.3 Å². The van der Waals surface area contributed by atoms with Crippen LogP contribution in [-0.2, 0) is 16.0 Å². The van der Waals surface area contributed by atoms with Crippen LogP contribution in [0.5, 0.6) is 0 Å². The standard InChI is InChI=1S/C12H13IO2/c1-2-15-12(14)9-5-7-10-6-3-4-8-11(10)13/h3-6,8-9H,2,7H2,1H3/b9-5+. The SMILES string of the molecule is CCOC(=O)/C=C/Cc1ccccc1I. The monoisotopic (exact) mass is 316 g/mol. The van der Waals surface area contributed by atoms with Gasteiger partial charge in [-0.3, -0.25) is 0 Å². The van der Waals surface area contributed by atoms with Gasteiger partial charge in [0.15, 0.2) is 0 Å². The van der Waals surface area contributed by atoms with Crippen LogP contribution in [0.2, 0.25) is 0 Å². The highest BCUT2D eigenvalue weighted by molar-refractivity contribution is 14.1. The van der Waals surface area contributed by atoms with Crippen molar-refractivity contribution in [2.45, 2.75) is 13.3 Å². The van der Waals surface area contributed by atoms with E-state index in [0.717, 1.165) is 6.42 Å². The maximum Gasteiger partial charge on any atom is 0.330 e. The molecule has 0 atom stereocenters. The van der Waals surface area contributed by atoms with Crippen LogP contribution in [0, 0.1) is 3.57 Å². The first-order valence-corrected chi connectivity index (χ1v) is 5.88. The minimum atomic E-state index is -0.275. The number of ether oxygens (including phenoxy) is 1. The summed E-state index contributed by atoms with van der Waals surface area (Å²) in [6.45, 7) is 2.22. The molecule has 0 bridgehead atoms. The number of esters is 1. The Morgan fingerprint density at radius 1 is 1.47 bits per heavy atom. The number of hydrogen-bond donors (Lipinski definition) is 0. The Hall–Kier alpha value is -0.840. The van der Waals surface area contributed by atoms with Gasteiger partial charge in [0.1, 0.15) is 0 Å². The highest BCUT2D eigenvalue weighted by Gasteiger charge is 1.96. The molecule has 1 aromatic rings. The van der Waals surface area contributed by atoms with Gasteiger partial charge < -0.3 is 4.74 Å². The summed E-state index contributed by atoms with van der Waals surface area (Å²) >= 11 is 2.28. The lowest BCUT2D eigenvalue weighted by Gasteiger charge is -1.99. The first-order valence-electron chi connectivity index (χ1n) is 4.80. The molecule has 1 rings (SSSR count). The van der Waals surface area contributed by atoms with Crippen LogP contribution < -0.4 is 0 Å². The largest absolute Gasteiger partial charge is 0.463 e. The van der Waals surface area contributed by atoms with E-state index < -0.39 is 0 Å². The molecule has 0 aliphatic heterocycles. The summed E-state index contributed by atoms with van der Waals surface area (Å²) in [4.78, 5) is 11.0. The van der Waals surface area contributed by atoms with Crippen molar-refractivity contribution in [1.82, 2.24) is 0 Å². The molecular formula is C12H13IO2. The third-order valence-corrected chi connectivity index (χ3v) is 2.89. The van der Waals surface area contributed by atoms with E-state index in [-0.39, 0.29) is 5.97 Å². The summed E-state index contributed by atoms with van der Waals surface area (Å²) in [7, 11) is 0. The van der Waals surface area contributed by atoms with Crippen LogP contribution in [0.1, 0.15) is 12.5 Å². The molecule has 0 aliphatic rings. The Bertz CT molecular complexity index is 358. The molecule has 3 heteroatoms. The lowest BCUT2D eigenvalue weighted by Crippen LogP contribution is -1.99. The van der Waals surface area contributed by atoms with Crippen LogP contribution in [0.4, 0.5) is 0 Å². The number of benzene rings is 1. The quantitative estimate of drug-likeness (QED) is 0.485. The van der Waals surface area contributed by atoms with Crippen molar-refractivity contribution >= 4 is 28.6 Å². The summed E-state index contributed by atoms with van der Waals surface area (Å²) in [6.07, 6.45) is 4.07. The van der Waals surface area contributed by atoms with Crippen molar-refractivity contribution in [3.63, 3.8) is 0 Å². The molecule has 80 valence electrons. The van der Waals surface area contributed by atoms with E-state index in [1.807, 2.05) is 24.3 Å². The van der Waals surface area contributed by atoms with Gasteiger partial charge in [-0.2, -0.15) is 0 Å². The van der Waals surface area contributed by atoms with E-state index in [9.17, 15) is 4.79 Å². The summed E-state index contributed by atoms with van der Waals surface area (Å²) in [5.41, 5.74) is 1.22. The zero-order valence-electron chi connectivity index (χ0n) is 8.57. The van der Waals surface area contributed by atoms with Crippen molar-refractivity contribution in [3.05, 3.63) is 45.6 Å². The second-order valence-electron chi connectivity index (χ2n) is 2.95. The molecule has 0 amide bonds. The Balaban J connectivity index is 2.50. The fourth-order valence-electron chi connectivity index (χ4n) is 1.14. The Morgan fingerprint density at radius 3 is 2.87 bits per heavy atom. The van der Waals surface area contributed by atoms with Crippen LogP contribution in [-0.4, -0.2) is 12.6 Å². The second kappa shape index (κ2) is 6.61. The van der Waals surface area contributed by atoms with E-state index in [1.54, 1.807) is 6.92 Å². The van der Waals surface area contributed by atoms with Gasteiger partial charge in [-0.1, -0.05) is 24.3 Å². The summed E-state index contributed by atoms with van der Waals surface area (Å²) < 4.78 is 5.99.